The Morgan fingerprint density at radius 3 is 2.14 bits per heavy atom. The van der Waals surface area contributed by atoms with Gasteiger partial charge in [0.2, 0.25) is 0 Å². The molecule has 0 aliphatic heterocycles. The molecule has 0 aromatic heterocycles. The van der Waals surface area contributed by atoms with Crippen LogP contribution < -0.4 is 5.32 Å². The maximum Gasteiger partial charge on any atom is 0.0713 e. The summed E-state index contributed by atoms with van der Waals surface area (Å²) >= 11 is 0. The Labute approximate surface area is 177 Å². The van der Waals surface area contributed by atoms with Crippen molar-refractivity contribution < 1.29 is 4.74 Å². The number of hydrogen-bond donors (Lipinski definition) is 1. The number of rotatable bonds is 10. The Morgan fingerprint density at radius 2 is 1.59 bits per heavy atom. The average molecular weight is 392 g/mol. The average Bonchev–Trinajstić information content (AvgIpc) is 2.65. The lowest BCUT2D eigenvalue weighted by Gasteiger charge is -2.26. The molecule has 0 saturated carbocycles. The van der Waals surface area contributed by atoms with E-state index in [1.807, 2.05) is 0 Å². The van der Waals surface area contributed by atoms with E-state index in [1.165, 1.54) is 27.8 Å². The predicted molar refractivity (Wildman–Crippen MR) is 125 cm³/mol. The van der Waals surface area contributed by atoms with Gasteiger partial charge >= 0.3 is 0 Å². The van der Waals surface area contributed by atoms with Gasteiger partial charge in [0.25, 0.3) is 0 Å². The van der Waals surface area contributed by atoms with Crippen LogP contribution in [0.3, 0.4) is 0 Å². The summed E-state index contributed by atoms with van der Waals surface area (Å²) in [6, 6.07) is 15.5. The third kappa shape index (κ3) is 7.55. The Hall–Kier alpha value is -2.32. The lowest BCUT2D eigenvalue weighted by Crippen LogP contribution is -2.35. The van der Waals surface area contributed by atoms with Gasteiger partial charge in [0.1, 0.15) is 0 Å². The zero-order valence-electron chi connectivity index (χ0n) is 18.8. The molecule has 0 fully saturated rings. The van der Waals surface area contributed by atoms with Gasteiger partial charge in [-0.3, -0.25) is 0 Å². The highest BCUT2D eigenvalue weighted by molar-refractivity contribution is 5.35. The molecule has 1 N–H and O–H groups in total. The lowest BCUT2D eigenvalue weighted by molar-refractivity contribution is -0.00892. The molecule has 0 radical (unpaired) electrons. The topological polar surface area (TPSA) is 21.3 Å². The number of aryl methyl sites for hydroxylation is 3. The van der Waals surface area contributed by atoms with Crippen molar-refractivity contribution in [1.82, 2.24) is 5.32 Å². The van der Waals surface area contributed by atoms with Crippen LogP contribution >= 0.6 is 0 Å². The fraction of sp³-hybridized carbons (Fsp3) is 0.407. The number of benzene rings is 2. The van der Waals surface area contributed by atoms with Crippen LogP contribution in [0.4, 0.5) is 0 Å². The molecule has 2 rings (SSSR count). The first-order valence-corrected chi connectivity index (χ1v) is 10.5. The number of hydrogen-bond acceptors (Lipinski definition) is 2. The van der Waals surface area contributed by atoms with Crippen molar-refractivity contribution in [1.29, 1.82) is 0 Å². The second kappa shape index (κ2) is 10.5. The molecule has 0 spiro atoms. The molecule has 2 aromatic carbocycles. The van der Waals surface area contributed by atoms with Gasteiger partial charge in [0.15, 0.2) is 0 Å². The molecule has 29 heavy (non-hydrogen) atoms. The SMILES string of the molecule is C=CN[C@@H](COC(C)(C)C)C(=C)Cc1ccc(CCc2c(C)cccc2C)cc1. The van der Waals surface area contributed by atoms with Crippen molar-refractivity contribution in [3.63, 3.8) is 0 Å². The Bertz CT molecular complexity index is 791. The van der Waals surface area contributed by atoms with Crippen molar-refractivity contribution in [3.05, 3.63) is 95.2 Å². The molecule has 0 heterocycles. The summed E-state index contributed by atoms with van der Waals surface area (Å²) in [4.78, 5) is 0. The number of nitrogens with one attached hydrogen (secondary N) is 1. The maximum absolute atomic E-state index is 5.94. The summed E-state index contributed by atoms with van der Waals surface area (Å²) in [6.07, 6.45) is 4.70. The van der Waals surface area contributed by atoms with Crippen molar-refractivity contribution in [3.8, 4) is 0 Å². The quantitative estimate of drug-likeness (QED) is 0.494. The van der Waals surface area contributed by atoms with Gasteiger partial charge in [0, 0.05) is 0 Å². The minimum atomic E-state index is -0.168. The maximum atomic E-state index is 5.94. The van der Waals surface area contributed by atoms with Gasteiger partial charge < -0.3 is 10.1 Å². The lowest BCUT2D eigenvalue weighted by atomic mass is 9.95. The zero-order valence-corrected chi connectivity index (χ0v) is 18.8. The highest BCUT2D eigenvalue weighted by atomic mass is 16.5. The van der Waals surface area contributed by atoms with E-state index in [-0.39, 0.29) is 11.6 Å². The third-order valence-electron chi connectivity index (χ3n) is 5.26. The van der Waals surface area contributed by atoms with Gasteiger partial charge in [0.05, 0.1) is 18.2 Å². The van der Waals surface area contributed by atoms with E-state index >= 15 is 0 Å². The smallest absolute Gasteiger partial charge is 0.0713 e. The predicted octanol–water partition coefficient (Wildman–Crippen LogP) is 6.10. The van der Waals surface area contributed by atoms with E-state index < -0.39 is 0 Å². The van der Waals surface area contributed by atoms with Crippen LogP contribution in [0.15, 0.2) is 67.4 Å². The van der Waals surface area contributed by atoms with Gasteiger partial charge in [-0.2, -0.15) is 0 Å². The van der Waals surface area contributed by atoms with Crippen molar-refractivity contribution in [2.24, 2.45) is 0 Å². The fourth-order valence-corrected chi connectivity index (χ4v) is 3.48. The molecule has 2 aromatic rings. The largest absolute Gasteiger partial charge is 0.383 e. The van der Waals surface area contributed by atoms with Crippen LogP contribution in [0.25, 0.3) is 0 Å². The summed E-state index contributed by atoms with van der Waals surface area (Å²) in [5.41, 5.74) is 7.83. The fourth-order valence-electron chi connectivity index (χ4n) is 3.48. The van der Waals surface area contributed by atoms with E-state index in [9.17, 15) is 0 Å². The summed E-state index contributed by atoms with van der Waals surface area (Å²) in [5, 5.41) is 3.27. The third-order valence-corrected chi connectivity index (χ3v) is 5.26. The van der Waals surface area contributed by atoms with E-state index in [1.54, 1.807) is 6.20 Å². The monoisotopic (exact) mass is 391 g/mol. The number of ether oxygens (including phenoxy) is 1. The molecular weight excluding hydrogens is 354 g/mol. The second-order valence-corrected chi connectivity index (χ2v) is 8.87. The van der Waals surface area contributed by atoms with Crippen LogP contribution in [0.2, 0.25) is 0 Å². The highest BCUT2D eigenvalue weighted by Gasteiger charge is 2.17. The second-order valence-electron chi connectivity index (χ2n) is 8.87. The first-order valence-electron chi connectivity index (χ1n) is 10.5. The molecule has 2 nitrogen and oxygen atoms in total. The zero-order chi connectivity index (χ0) is 21.4. The molecule has 2 heteroatoms. The van der Waals surface area contributed by atoms with Crippen LogP contribution in [0.1, 0.15) is 48.6 Å². The highest BCUT2D eigenvalue weighted by Crippen LogP contribution is 2.18. The minimum Gasteiger partial charge on any atom is -0.383 e. The normalized spacial score (nSPS) is 12.4. The standard InChI is InChI=1S/C27H37NO/c1-8-28-26(19-29-27(5,6)7)22(4)18-24-14-12-23(13-15-24)16-17-25-20(2)10-9-11-21(25)3/h8-15,26,28H,1,4,16-19H2,2-3,5-7H3/t26-/m0/s1. The summed E-state index contributed by atoms with van der Waals surface area (Å²) in [6.45, 7) is 19.3. The van der Waals surface area contributed by atoms with E-state index in [4.69, 9.17) is 4.74 Å². The van der Waals surface area contributed by atoms with E-state index in [0.29, 0.717) is 6.61 Å². The molecular formula is C27H37NO. The van der Waals surface area contributed by atoms with Crippen LogP contribution in [-0.2, 0) is 24.0 Å². The summed E-state index contributed by atoms with van der Waals surface area (Å²) < 4.78 is 5.94. The van der Waals surface area contributed by atoms with E-state index in [2.05, 4.69) is 95.6 Å². The van der Waals surface area contributed by atoms with E-state index in [0.717, 1.165) is 24.8 Å². The summed E-state index contributed by atoms with van der Waals surface area (Å²) in [7, 11) is 0. The molecule has 0 amide bonds. The van der Waals surface area contributed by atoms with Crippen LogP contribution in [0, 0.1) is 13.8 Å². The molecule has 0 saturated heterocycles. The van der Waals surface area contributed by atoms with Gasteiger partial charge in [-0.05, 0) is 93.5 Å². The van der Waals surface area contributed by atoms with Crippen molar-refractivity contribution in [2.75, 3.05) is 6.61 Å². The van der Waals surface area contributed by atoms with Crippen molar-refractivity contribution >= 4 is 0 Å². The Kier molecular flexibility index (Phi) is 8.28. The molecule has 0 aliphatic rings. The minimum absolute atomic E-state index is 0.0652. The molecule has 156 valence electrons. The first-order chi connectivity index (χ1) is 13.7. The summed E-state index contributed by atoms with van der Waals surface area (Å²) in [5.74, 6) is 0. The molecule has 0 aliphatic carbocycles. The first kappa shape index (κ1) is 23.0. The Balaban J connectivity index is 1.94. The molecule has 1 atom stereocenters. The molecule has 0 bridgehead atoms. The van der Waals surface area contributed by atoms with Crippen LogP contribution in [0.5, 0.6) is 0 Å². The molecule has 0 unspecified atom stereocenters. The van der Waals surface area contributed by atoms with Crippen LogP contribution in [-0.4, -0.2) is 18.2 Å². The van der Waals surface area contributed by atoms with Gasteiger partial charge in [-0.25, -0.2) is 0 Å². The van der Waals surface area contributed by atoms with Crippen molar-refractivity contribution in [2.45, 2.75) is 65.5 Å². The van der Waals surface area contributed by atoms with Gasteiger partial charge in [-0.15, -0.1) is 0 Å². The van der Waals surface area contributed by atoms with Gasteiger partial charge in [-0.1, -0.05) is 55.6 Å². The Morgan fingerprint density at radius 1 is 1.00 bits per heavy atom.